The molecule has 23 heavy (non-hydrogen) atoms. The summed E-state index contributed by atoms with van der Waals surface area (Å²) in [6.07, 6.45) is 0. The molecule has 0 heterocycles. The Hall–Kier alpha value is -2.07. The van der Waals surface area contributed by atoms with Gasteiger partial charge in [0.05, 0.1) is 11.3 Å². The minimum absolute atomic E-state index is 0.191. The zero-order valence-electron chi connectivity index (χ0n) is 13.5. The third kappa shape index (κ3) is 4.02. The third-order valence-corrected chi connectivity index (χ3v) is 3.96. The Balaban J connectivity index is 2.40. The Kier molecular flexibility index (Phi) is 5.61. The highest BCUT2D eigenvalue weighted by Gasteiger charge is 2.18. The van der Waals surface area contributed by atoms with Crippen molar-refractivity contribution >= 4 is 28.9 Å². The molecule has 0 aliphatic heterocycles. The average molecular weight is 335 g/mol. The number of carbonyl (C=O) groups excluding carboxylic acids is 1. The summed E-state index contributed by atoms with van der Waals surface area (Å²) in [4.78, 5) is 14.3. The smallest absolute Gasteiger partial charge is 0.256 e. The van der Waals surface area contributed by atoms with Crippen molar-refractivity contribution in [1.29, 1.82) is 0 Å². The number of aryl methyl sites for hydroxylation is 1. The van der Waals surface area contributed by atoms with Crippen LogP contribution >= 0.6 is 11.6 Å². The monoisotopic (exact) mass is 334 g/mol. The van der Waals surface area contributed by atoms with Gasteiger partial charge in [0.1, 0.15) is 5.82 Å². The summed E-state index contributed by atoms with van der Waals surface area (Å²) in [5.41, 5.74) is 2.68. The van der Waals surface area contributed by atoms with Gasteiger partial charge in [-0.3, -0.25) is 4.79 Å². The van der Waals surface area contributed by atoms with Crippen molar-refractivity contribution in [3.8, 4) is 0 Å². The van der Waals surface area contributed by atoms with E-state index in [1.165, 1.54) is 12.1 Å². The number of carbonyl (C=O) groups is 1. The standard InChI is InChI=1S/C18H20ClFN2O/c1-4-22(5-2)18(23)15-11-14(20)7-9-17(15)21-16-8-6-13(19)10-12(16)3/h6-11,21H,4-5H2,1-3H3. The first-order chi connectivity index (χ1) is 11.0. The van der Waals surface area contributed by atoms with Crippen molar-refractivity contribution < 1.29 is 9.18 Å². The fourth-order valence-electron chi connectivity index (χ4n) is 2.40. The second kappa shape index (κ2) is 7.47. The van der Waals surface area contributed by atoms with E-state index in [2.05, 4.69) is 5.32 Å². The van der Waals surface area contributed by atoms with Gasteiger partial charge in [0.15, 0.2) is 0 Å². The van der Waals surface area contributed by atoms with Gasteiger partial charge in [-0.25, -0.2) is 4.39 Å². The molecule has 0 aliphatic rings. The maximum absolute atomic E-state index is 13.6. The van der Waals surface area contributed by atoms with Crippen LogP contribution in [0.15, 0.2) is 36.4 Å². The molecular formula is C18H20ClFN2O. The number of rotatable bonds is 5. The Morgan fingerprint density at radius 2 is 1.78 bits per heavy atom. The lowest BCUT2D eigenvalue weighted by atomic mass is 10.1. The van der Waals surface area contributed by atoms with Gasteiger partial charge in [0.25, 0.3) is 5.91 Å². The van der Waals surface area contributed by atoms with Gasteiger partial charge in [-0.1, -0.05) is 11.6 Å². The maximum atomic E-state index is 13.6. The summed E-state index contributed by atoms with van der Waals surface area (Å²) in [5.74, 6) is -0.623. The maximum Gasteiger partial charge on any atom is 0.256 e. The average Bonchev–Trinajstić information content (AvgIpc) is 2.52. The van der Waals surface area contributed by atoms with E-state index >= 15 is 0 Å². The fourth-order valence-corrected chi connectivity index (χ4v) is 2.62. The van der Waals surface area contributed by atoms with Gasteiger partial charge < -0.3 is 10.2 Å². The van der Waals surface area contributed by atoms with E-state index < -0.39 is 5.82 Å². The number of hydrogen-bond donors (Lipinski definition) is 1. The second-order valence-electron chi connectivity index (χ2n) is 5.25. The van der Waals surface area contributed by atoms with Crippen LogP contribution in [0.5, 0.6) is 0 Å². The Morgan fingerprint density at radius 3 is 2.39 bits per heavy atom. The van der Waals surface area contributed by atoms with E-state index in [1.54, 1.807) is 17.0 Å². The molecule has 2 aromatic carbocycles. The molecule has 0 bridgehead atoms. The number of anilines is 2. The first-order valence-electron chi connectivity index (χ1n) is 7.58. The van der Waals surface area contributed by atoms with Crippen molar-refractivity contribution in [1.82, 2.24) is 4.90 Å². The molecule has 0 spiro atoms. The molecule has 0 saturated heterocycles. The predicted octanol–water partition coefficient (Wildman–Crippen LogP) is 5.01. The molecule has 0 aromatic heterocycles. The number of amides is 1. The number of nitrogens with zero attached hydrogens (tertiary/aromatic N) is 1. The van der Waals surface area contributed by atoms with Gasteiger partial charge in [0.2, 0.25) is 0 Å². The van der Waals surface area contributed by atoms with Gasteiger partial charge in [-0.2, -0.15) is 0 Å². The summed E-state index contributed by atoms with van der Waals surface area (Å²) in [5, 5.41) is 3.85. The van der Waals surface area contributed by atoms with Crippen LogP contribution < -0.4 is 5.32 Å². The zero-order chi connectivity index (χ0) is 17.0. The predicted molar refractivity (Wildman–Crippen MR) is 93.1 cm³/mol. The van der Waals surface area contributed by atoms with Crippen LogP contribution in [0.2, 0.25) is 5.02 Å². The van der Waals surface area contributed by atoms with Crippen molar-refractivity contribution in [3.63, 3.8) is 0 Å². The lowest BCUT2D eigenvalue weighted by Gasteiger charge is -2.21. The van der Waals surface area contributed by atoms with Crippen LogP contribution in [0.25, 0.3) is 0 Å². The Labute approximate surface area is 141 Å². The molecular weight excluding hydrogens is 315 g/mol. The van der Waals surface area contributed by atoms with Crippen molar-refractivity contribution in [2.75, 3.05) is 18.4 Å². The number of benzene rings is 2. The van der Waals surface area contributed by atoms with Crippen LogP contribution in [0, 0.1) is 12.7 Å². The molecule has 1 amide bonds. The molecule has 0 aliphatic carbocycles. The molecule has 122 valence electrons. The largest absolute Gasteiger partial charge is 0.355 e. The molecule has 0 atom stereocenters. The lowest BCUT2D eigenvalue weighted by molar-refractivity contribution is 0.0773. The minimum Gasteiger partial charge on any atom is -0.355 e. The van der Waals surface area contributed by atoms with Gasteiger partial charge in [-0.05, 0) is 62.7 Å². The third-order valence-electron chi connectivity index (χ3n) is 3.72. The van der Waals surface area contributed by atoms with Crippen LogP contribution in [0.4, 0.5) is 15.8 Å². The summed E-state index contributed by atoms with van der Waals surface area (Å²) in [7, 11) is 0. The molecule has 0 saturated carbocycles. The summed E-state index contributed by atoms with van der Waals surface area (Å²) >= 11 is 5.96. The molecule has 1 N–H and O–H groups in total. The quantitative estimate of drug-likeness (QED) is 0.833. The van der Waals surface area contributed by atoms with Crippen LogP contribution in [-0.4, -0.2) is 23.9 Å². The fraction of sp³-hybridized carbons (Fsp3) is 0.278. The zero-order valence-corrected chi connectivity index (χ0v) is 14.2. The SMILES string of the molecule is CCN(CC)C(=O)c1cc(F)ccc1Nc1ccc(Cl)cc1C. The van der Waals surface area contributed by atoms with E-state index in [0.717, 1.165) is 11.3 Å². The molecule has 3 nitrogen and oxygen atoms in total. The normalized spacial score (nSPS) is 10.5. The van der Waals surface area contributed by atoms with E-state index in [-0.39, 0.29) is 5.91 Å². The number of nitrogens with one attached hydrogen (secondary N) is 1. The first kappa shape index (κ1) is 17.3. The minimum atomic E-state index is -0.432. The van der Waals surface area contributed by atoms with Gasteiger partial charge in [-0.15, -0.1) is 0 Å². The van der Waals surface area contributed by atoms with Crippen molar-refractivity contribution in [3.05, 3.63) is 58.4 Å². The van der Waals surface area contributed by atoms with Crippen molar-refractivity contribution in [2.24, 2.45) is 0 Å². The second-order valence-corrected chi connectivity index (χ2v) is 5.69. The Morgan fingerprint density at radius 1 is 1.13 bits per heavy atom. The molecule has 5 heteroatoms. The van der Waals surface area contributed by atoms with Gasteiger partial charge in [0, 0.05) is 23.8 Å². The molecule has 0 radical (unpaired) electrons. The first-order valence-corrected chi connectivity index (χ1v) is 7.96. The molecule has 0 unspecified atom stereocenters. The molecule has 0 fully saturated rings. The molecule has 2 rings (SSSR count). The van der Waals surface area contributed by atoms with Gasteiger partial charge >= 0.3 is 0 Å². The summed E-state index contributed by atoms with van der Waals surface area (Å²) < 4.78 is 13.6. The van der Waals surface area contributed by atoms with Crippen molar-refractivity contribution in [2.45, 2.75) is 20.8 Å². The van der Waals surface area contributed by atoms with Crippen LogP contribution in [0.3, 0.4) is 0 Å². The van der Waals surface area contributed by atoms with Crippen LogP contribution in [-0.2, 0) is 0 Å². The lowest BCUT2D eigenvalue weighted by Crippen LogP contribution is -2.31. The molecule has 2 aromatic rings. The topological polar surface area (TPSA) is 32.3 Å². The highest BCUT2D eigenvalue weighted by atomic mass is 35.5. The summed E-state index contributed by atoms with van der Waals surface area (Å²) in [6.45, 7) is 6.87. The Bertz CT molecular complexity index is 714. The number of hydrogen-bond acceptors (Lipinski definition) is 2. The van der Waals surface area contributed by atoms with E-state index in [1.807, 2.05) is 32.9 Å². The van der Waals surface area contributed by atoms with E-state index in [9.17, 15) is 9.18 Å². The highest BCUT2D eigenvalue weighted by molar-refractivity contribution is 6.30. The highest BCUT2D eigenvalue weighted by Crippen LogP contribution is 2.27. The van der Waals surface area contributed by atoms with E-state index in [0.29, 0.717) is 29.4 Å². The van der Waals surface area contributed by atoms with E-state index in [4.69, 9.17) is 11.6 Å². The van der Waals surface area contributed by atoms with Crippen LogP contribution in [0.1, 0.15) is 29.8 Å². The number of halogens is 2. The summed E-state index contributed by atoms with van der Waals surface area (Å²) in [6, 6.07) is 9.64.